The van der Waals surface area contributed by atoms with Crippen molar-refractivity contribution in [1.29, 1.82) is 0 Å². The van der Waals surface area contributed by atoms with Gasteiger partial charge in [-0.25, -0.2) is 19.7 Å². The molecule has 0 amide bonds. The van der Waals surface area contributed by atoms with Crippen molar-refractivity contribution in [2.75, 3.05) is 13.2 Å². The molecular weight excluding hydrogens is 543 g/mol. The van der Waals surface area contributed by atoms with Gasteiger partial charge in [0.1, 0.15) is 10.8 Å². The Morgan fingerprint density at radius 2 is 1.87 bits per heavy atom. The molecule has 0 radical (unpaired) electrons. The van der Waals surface area contributed by atoms with E-state index in [4.69, 9.17) is 37.7 Å². The van der Waals surface area contributed by atoms with Crippen molar-refractivity contribution in [3.05, 3.63) is 72.7 Å². The maximum atomic E-state index is 13.9. The van der Waals surface area contributed by atoms with Crippen LogP contribution in [0.4, 0.5) is 0 Å². The Balaban J connectivity index is 1.60. The molecule has 5 rings (SSSR count). The molecule has 39 heavy (non-hydrogen) atoms. The van der Waals surface area contributed by atoms with Crippen LogP contribution in [0.3, 0.4) is 0 Å². The number of nitrogens with zero attached hydrogens (tertiary/aromatic N) is 6. The van der Waals surface area contributed by atoms with E-state index in [0.717, 1.165) is 24.8 Å². The zero-order valence-electron chi connectivity index (χ0n) is 21.9. The Labute approximate surface area is 235 Å². The Morgan fingerprint density at radius 1 is 1.08 bits per heavy atom. The van der Waals surface area contributed by atoms with Crippen LogP contribution in [-0.4, -0.2) is 48.2 Å². The van der Waals surface area contributed by atoms with Crippen LogP contribution < -0.4 is 11.2 Å². The van der Waals surface area contributed by atoms with Crippen LogP contribution in [-0.2, 0) is 29.1 Å². The average Bonchev–Trinajstić information content (AvgIpc) is 3.29. The first-order valence-electron chi connectivity index (χ1n) is 13.1. The molecule has 1 aliphatic rings. The standard InChI is InChI=1S/C27H30Cl2N6O4/c1-3-33-25-23(26(36)34(27(33)37)12-6-14-39-21-7-4-5-13-38-21)35(16-18-8-10-19(28)11-9-18)24(32-25)22-17(2)31-20(29)15-30-22/h8-11,15,21H,3-7,12-14,16H2,1-2H3. The van der Waals surface area contributed by atoms with Gasteiger partial charge in [0, 0.05) is 31.3 Å². The van der Waals surface area contributed by atoms with Gasteiger partial charge in [0.15, 0.2) is 23.3 Å². The van der Waals surface area contributed by atoms with Gasteiger partial charge in [-0.15, -0.1) is 0 Å². The van der Waals surface area contributed by atoms with Crippen LogP contribution >= 0.6 is 23.2 Å². The number of aromatic nitrogens is 6. The molecule has 1 fully saturated rings. The van der Waals surface area contributed by atoms with E-state index in [2.05, 4.69) is 9.97 Å². The third-order valence-corrected chi connectivity index (χ3v) is 7.22. The van der Waals surface area contributed by atoms with Crippen molar-refractivity contribution in [1.82, 2.24) is 28.7 Å². The molecule has 206 valence electrons. The van der Waals surface area contributed by atoms with Crippen molar-refractivity contribution in [2.24, 2.45) is 0 Å². The second-order valence-corrected chi connectivity index (χ2v) is 10.3. The molecule has 12 heteroatoms. The van der Waals surface area contributed by atoms with E-state index >= 15 is 0 Å². The summed E-state index contributed by atoms with van der Waals surface area (Å²) < 4.78 is 16.0. The Kier molecular flexibility index (Phi) is 8.46. The lowest BCUT2D eigenvalue weighted by Crippen LogP contribution is -2.40. The van der Waals surface area contributed by atoms with E-state index < -0.39 is 11.2 Å². The summed E-state index contributed by atoms with van der Waals surface area (Å²) in [5.41, 5.74) is 1.73. The van der Waals surface area contributed by atoms with Crippen LogP contribution in [0, 0.1) is 6.92 Å². The summed E-state index contributed by atoms with van der Waals surface area (Å²) in [6.45, 7) is 5.57. The fourth-order valence-electron chi connectivity index (χ4n) is 4.83. The number of imidazole rings is 1. The smallest absolute Gasteiger partial charge is 0.332 e. The second kappa shape index (κ2) is 12.0. The van der Waals surface area contributed by atoms with Crippen molar-refractivity contribution >= 4 is 34.4 Å². The lowest BCUT2D eigenvalue weighted by Gasteiger charge is -2.22. The topological polar surface area (TPSA) is 106 Å². The van der Waals surface area contributed by atoms with Crippen LogP contribution in [0.1, 0.15) is 43.9 Å². The third kappa shape index (κ3) is 5.79. The number of benzene rings is 1. The number of hydrogen-bond acceptors (Lipinski definition) is 7. The highest BCUT2D eigenvalue weighted by Gasteiger charge is 2.24. The average molecular weight is 573 g/mol. The molecule has 1 atom stereocenters. The van der Waals surface area contributed by atoms with Gasteiger partial charge in [-0.05, 0) is 57.2 Å². The van der Waals surface area contributed by atoms with Gasteiger partial charge in [0.05, 0.1) is 18.5 Å². The predicted octanol–water partition coefficient (Wildman–Crippen LogP) is 4.43. The molecule has 4 heterocycles. The molecule has 0 saturated carbocycles. The van der Waals surface area contributed by atoms with Gasteiger partial charge in [-0.1, -0.05) is 35.3 Å². The number of ether oxygens (including phenoxy) is 2. The molecule has 0 bridgehead atoms. The molecule has 1 saturated heterocycles. The van der Waals surface area contributed by atoms with Crippen LogP contribution in [0.25, 0.3) is 22.7 Å². The van der Waals surface area contributed by atoms with Gasteiger partial charge >= 0.3 is 5.69 Å². The summed E-state index contributed by atoms with van der Waals surface area (Å²) in [6, 6.07) is 7.35. The van der Waals surface area contributed by atoms with E-state index in [1.54, 1.807) is 23.6 Å². The summed E-state index contributed by atoms with van der Waals surface area (Å²) in [6.07, 6.45) is 4.67. The normalized spacial score (nSPS) is 15.7. The van der Waals surface area contributed by atoms with Crippen molar-refractivity contribution in [3.8, 4) is 11.5 Å². The van der Waals surface area contributed by atoms with Gasteiger partial charge in [-0.3, -0.25) is 13.9 Å². The summed E-state index contributed by atoms with van der Waals surface area (Å²) >= 11 is 12.2. The van der Waals surface area contributed by atoms with E-state index in [1.165, 1.54) is 15.3 Å². The van der Waals surface area contributed by atoms with Gasteiger partial charge in [0.2, 0.25) is 0 Å². The summed E-state index contributed by atoms with van der Waals surface area (Å²) in [5, 5.41) is 0.863. The molecular formula is C27H30Cl2N6O4. The first kappa shape index (κ1) is 27.5. The minimum absolute atomic E-state index is 0.210. The number of fused-ring (bicyclic) bond motifs is 1. The van der Waals surface area contributed by atoms with E-state index in [9.17, 15) is 9.59 Å². The van der Waals surface area contributed by atoms with Crippen molar-refractivity contribution < 1.29 is 9.47 Å². The Morgan fingerprint density at radius 3 is 2.56 bits per heavy atom. The van der Waals surface area contributed by atoms with Gasteiger partial charge in [0.25, 0.3) is 5.56 Å². The second-order valence-electron chi connectivity index (χ2n) is 9.45. The molecule has 4 aromatic rings. The largest absolute Gasteiger partial charge is 0.353 e. The van der Waals surface area contributed by atoms with Crippen LogP contribution in [0.15, 0.2) is 40.1 Å². The molecule has 3 aromatic heterocycles. The fourth-order valence-corrected chi connectivity index (χ4v) is 5.13. The Hall–Kier alpha value is -3.05. The van der Waals surface area contributed by atoms with E-state index in [0.29, 0.717) is 66.1 Å². The lowest BCUT2D eigenvalue weighted by atomic mass is 10.2. The highest BCUT2D eigenvalue weighted by atomic mass is 35.5. The number of hydrogen-bond donors (Lipinski definition) is 0. The molecule has 0 N–H and O–H groups in total. The summed E-state index contributed by atoms with van der Waals surface area (Å²) in [7, 11) is 0. The monoisotopic (exact) mass is 572 g/mol. The van der Waals surface area contributed by atoms with Gasteiger partial charge in [-0.2, -0.15) is 0 Å². The predicted molar refractivity (Wildman–Crippen MR) is 149 cm³/mol. The molecule has 10 nitrogen and oxygen atoms in total. The van der Waals surface area contributed by atoms with Crippen LogP contribution in [0.5, 0.6) is 0 Å². The lowest BCUT2D eigenvalue weighted by molar-refractivity contribution is -0.163. The Bertz CT molecular complexity index is 1590. The fraction of sp³-hybridized carbons (Fsp3) is 0.444. The van der Waals surface area contributed by atoms with E-state index in [1.807, 2.05) is 19.1 Å². The molecule has 0 spiro atoms. The SMILES string of the molecule is CCn1c(=O)n(CCCOC2CCCCO2)c(=O)c2c1nc(-c1ncc(Cl)nc1C)n2Cc1ccc(Cl)cc1. The molecule has 0 aliphatic carbocycles. The van der Waals surface area contributed by atoms with Gasteiger partial charge < -0.3 is 14.0 Å². The number of rotatable bonds is 9. The van der Waals surface area contributed by atoms with Crippen LogP contribution in [0.2, 0.25) is 10.2 Å². The first-order valence-corrected chi connectivity index (χ1v) is 13.8. The zero-order valence-corrected chi connectivity index (χ0v) is 23.4. The molecule has 1 unspecified atom stereocenters. The highest BCUT2D eigenvalue weighted by Crippen LogP contribution is 2.25. The maximum absolute atomic E-state index is 13.9. The highest BCUT2D eigenvalue weighted by molar-refractivity contribution is 6.30. The number of halogens is 2. The minimum Gasteiger partial charge on any atom is -0.353 e. The van der Waals surface area contributed by atoms with E-state index in [-0.39, 0.29) is 18.0 Å². The summed E-state index contributed by atoms with van der Waals surface area (Å²) in [4.78, 5) is 40.9. The minimum atomic E-state index is -0.416. The number of aryl methyl sites for hydroxylation is 2. The molecule has 1 aromatic carbocycles. The first-order chi connectivity index (χ1) is 18.9. The third-order valence-electron chi connectivity index (χ3n) is 6.78. The van der Waals surface area contributed by atoms with Crippen molar-refractivity contribution in [3.63, 3.8) is 0 Å². The molecule has 1 aliphatic heterocycles. The maximum Gasteiger partial charge on any atom is 0.332 e. The zero-order chi connectivity index (χ0) is 27.5. The van der Waals surface area contributed by atoms with Crippen molar-refractivity contribution in [2.45, 2.75) is 65.5 Å². The summed E-state index contributed by atoms with van der Waals surface area (Å²) in [5.74, 6) is 0.427. The quantitative estimate of drug-likeness (QED) is 0.273.